The van der Waals surface area contributed by atoms with Crippen molar-refractivity contribution in [2.75, 3.05) is 0 Å². The fourth-order valence-corrected chi connectivity index (χ4v) is 3.26. The van der Waals surface area contributed by atoms with E-state index in [1.165, 1.54) is 27.8 Å². The fraction of sp³-hybridized carbons (Fsp3) is 0.278. The first kappa shape index (κ1) is 12.2. The van der Waals surface area contributed by atoms with Crippen LogP contribution in [0.25, 0.3) is 5.57 Å². The van der Waals surface area contributed by atoms with Crippen LogP contribution in [0, 0.1) is 0 Å². The zero-order chi connectivity index (χ0) is 13.4. The summed E-state index contributed by atoms with van der Waals surface area (Å²) in [5.41, 5.74) is 7.49. The number of rotatable bonds is 2. The molecule has 0 fully saturated rings. The number of benzene rings is 1. The molecular weight excluding hydrogens is 232 g/mol. The molecule has 0 radical (unpaired) electrons. The van der Waals surface area contributed by atoms with E-state index in [0.717, 1.165) is 24.8 Å². The largest absolute Gasteiger partial charge is 0.295 e. The monoisotopic (exact) mass is 250 g/mol. The van der Waals surface area contributed by atoms with Crippen LogP contribution in [0.1, 0.15) is 37.3 Å². The highest BCUT2D eigenvalue weighted by molar-refractivity contribution is 6.00. The van der Waals surface area contributed by atoms with Crippen LogP contribution >= 0.6 is 0 Å². The Bertz CT molecular complexity index is 629. The van der Waals surface area contributed by atoms with Gasteiger partial charge < -0.3 is 0 Å². The van der Waals surface area contributed by atoms with Crippen LogP contribution in [-0.2, 0) is 11.2 Å². The van der Waals surface area contributed by atoms with Gasteiger partial charge in [-0.05, 0) is 59.6 Å². The molecule has 96 valence electrons. The molecule has 0 saturated heterocycles. The molecule has 19 heavy (non-hydrogen) atoms. The molecule has 1 heteroatoms. The number of hydrogen-bond acceptors (Lipinski definition) is 1. The number of allylic oxidation sites excluding steroid dienone is 5. The smallest absolute Gasteiger partial charge is 0.159 e. The Hall–Kier alpha value is -1.89. The van der Waals surface area contributed by atoms with Crippen LogP contribution in [-0.4, -0.2) is 5.78 Å². The first-order valence-electron chi connectivity index (χ1n) is 6.89. The summed E-state index contributed by atoms with van der Waals surface area (Å²) < 4.78 is 0. The van der Waals surface area contributed by atoms with E-state index in [2.05, 4.69) is 30.8 Å². The SMILES string of the molecule is C=CC1=C(C2=C(C)C(=O)CC2)CCc2ccccc21. The second-order valence-electron chi connectivity index (χ2n) is 5.28. The molecule has 0 aliphatic heterocycles. The summed E-state index contributed by atoms with van der Waals surface area (Å²) in [5.74, 6) is 0.310. The van der Waals surface area contributed by atoms with Gasteiger partial charge in [0.05, 0.1) is 0 Å². The van der Waals surface area contributed by atoms with Crippen molar-refractivity contribution in [1.82, 2.24) is 0 Å². The van der Waals surface area contributed by atoms with Gasteiger partial charge in [-0.15, -0.1) is 0 Å². The summed E-state index contributed by atoms with van der Waals surface area (Å²) in [6.45, 7) is 5.95. The normalized spacial score (nSPS) is 18.9. The Morgan fingerprint density at radius 1 is 1.05 bits per heavy atom. The van der Waals surface area contributed by atoms with E-state index in [1.807, 2.05) is 13.0 Å². The molecule has 1 aromatic rings. The zero-order valence-corrected chi connectivity index (χ0v) is 11.3. The first-order valence-corrected chi connectivity index (χ1v) is 6.89. The predicted molar refractivity (Wildman–Crippen MR) is 78.8 cm³/mol. The second-order valence-corrected chi connectivity index (χ2v) is 5.28. The number of fused-ring (bicyclic) bond motifs is 1. The van der Waals surface area contributed by atoms with Crippen molar-refractivity contribution >= 4 is 11.4 Å². The second kappa shape index (κ2) is 4.65. The van der Waals surface area contributed by atoms with Crippen LogP contribution in [0.15, 0.2) is 53.6 Å². The van der Waals surface area contributed by atoms with Crippen LogP contribution in [0.2, 0.25) is 0 Å². The van der Waals surface area contributed by atoms with Gasteiger partial charge in [-0.2, -0.15) is 0 Å². The molecule has 0 spiro atoms. The molecule has 0 heterocycles. The lowest BCUT2D eigenvalue weighted by Gasteiger charge is -2.23. The lowest BCUT2D eigenvalue weighted by molar-refractivity contribution is -0.114. The van der Waals surface area contributed by atoms with E-state index in [1.54, 1.807) is 0 Å². The van der Waals surface area contributed by atoms with Gasteiger partial charge in [0.15, 0.2) is 5.78 Å². The first-order chi connectivity index (χ1) is 9.22. The fourth-order valence-electron chi connectivity index (χ4n) is 3.26. The van der Waals surface area contributed by atoms with Gasteiger partial charge in [0.1, 0.15) is 0 Å². The Kier molecular flexibility index (Phi) is 2.98. The Morgan fingerprint density at radius 2 is 1.79 bits per heavy atom. The molecule has 0 bridgehead atoms. The zero-order valence-electron chi connectivity index (χ0n) is 11.3. The predicted octanol–water partition coefficient (Wildman–Crippen LogP) is 4.25. The van der Waals surface area contributed by atoms with Crippen molar-refractivity contribution in [3.63, 3.8) is 0 Å². The Balaban J connectivity index is 2.18. The summed E-state index contributed by atoms with van der Waals surface area (Å²) in [7, 11) is 0. The molecular formula is C18H18O. The third-order valence-corrected chi connectivity index (χ3v) is 4.32. The minimum absolute atomic E-state index is 0.310. The molecule has 0 atom stereocenters. The minimum atomic E-state index is 0.310. The summed E-state index contributed by atoms with van der Waals surface area (Å²) >= 11 is 0. The summed E-state index contributed by atoms with van der Waals surface area (Å²) in [5, 5.41) is 0. The molecule has 2 aliphatic carbocycles. The molecule has 0 N–H and O–H groups in total. The van der Waals surface area contributed by atoms with Crippen molar-refractivity contribution in [1.29, 1.82) is 0 Å². The van der Waals surface area contributed by atoms with E-state index in [0.29, 0.717) is 12.2 Å². The lowest BCUT2D eigenvalue weighted by atomic mass is 9.81. The third kappa shape index (κ3) is 1.90. The van der Waals surface area contributed by atoms with Gasteiger partial charge in [-0.3, -0.25) is 4.79 Å². The molecule has 3 rings (SSSR count). The number of Topliss-reactive ketones (excluding diaryl/α,β-unsaturated/α-hetero) is 1. The van der Waals surface area contributed by atoms with Gasteiger partial charge in [-0.25, -0.2) is 0 Å². The maximum absolute atomic E-state index is 11.8. The van der Waals surface area contributed by atoms with E-state index in [9.17, 15) is 4.79 Å². The van der Waals surface area contributed by atoms with Gasteiger partial charge in [-0.1, -0.05) is 36.9 Å². The summed E-state index contributed by atoms with van der Waals surface area (Å²) in [4.78, 5) is 11.8. The third-order valence-electron chi connectivity index (χ3n) is 4.32. The molecule has 0 aromatic heterocycles. The summed E-state index contributed by atoms with van der Waals surface area (Å²) in [6, 6.07) is 8.52. The number of hydrogen-bond donors (Lipinski definition) is 0. The Morgan fingerprint density at radius 3 is 2.47 bits per heavy atom. The minimum Gasteiger partial charge on any atom is -0.295 e. The van der Waals surface area contributed by atoms with Crippen LogP contribution in [0.5, 0.6) is 0 Å². The van der Waals surface area contributed by atoms with Crippen molar-refractivity contribution in [2.24, 2.45) is 0 Å². The Labute approximate surface area is 114 Å². The molecule has 1 aromatic carbocycles. The standard InChI is InChI=1S/C18H18O/c1-3-14-16-7-5-4-6-13(16)8-9-17(14)15-10-11-18(19)12(15)2/h3-7H,1,8-11H2,2H3. The highest BCUT2D eigenvalue weighted by atomic mass is 16.1. The van der Waals surface area contributed by atoms with E-state index >= 15 is 0 Å². The number of carbonyl (C=O) groups excluding carboxylic acids is 1. The quantitative estimate of drug-likeness (QED) is 0.766. The van der Waals surface area contributed by atoms with Crippen LogP contribution in [0.3, 0.4) is 0 Å². The number of carbonyl (C=O) groups is 1. The average molecular weight is 250 g/mol. The van der Waals surface area contributed by atoms with E-state index in [4.69, 9.17) is 0 Å². The van der Waals surface area contributed by atoms with Gasteiger partial charge in [0, 0.05) is 6.42 Å². The van der Waals surface area contributed by atoms with Crippen molar-refractivity contribution in [2.45, 2.75) is 32.6 Å². The van der Waals surface area contributed by atoms with Gasteiger partial charge >= 0.3 is 0 Å². The van der Waals surface area contributed by atoms with Crippen LogP contribution in [0.4, 0.5) is 0 Å². The topological polar surface area (TPSA) is 17.1 Å². The van der Waals surface area contributed by atoms with E-state index < -0.39 is 0 Å². The maximum Gasteiger partial charge on any atom is 0.159 e. The maximum atomic E-state index is 11.8. The molecule has 1 nitrogen and oxygen atoms in total. The van der Waals surface area contributed by atoms with Crippen molar-refractivity contribution < 1.29 is 4.79 Å². The molecule has 2 aliphatic rings. The van der Waals surface area contributed by atoms with Crippen molar-refractivity contribution in [3.8, 4) is 0 Å². The highest BCUT2D eigenvalue weighted by Crippen LogP contribution is 2.40. The van der Waals surface area contributed by atoms with Crippen LogP contribution < -0.4 is 0 Å². The molecule has 0 amide bonds. The summed E-state index contributed by atoms with van der Waals surface area (Å²) in [6.07, 6.45) is 5.62. The number of aryl methyl sites for hydroxylation is 1. The van der Waals surface area contributed by atoms with Gasteiger partial charge in [0.2, 0.25) is 0 Å². The van der Waals surface area contributed by atoms with Crippen molar-refractivity contribution in [3.05, 3.63) is 64.8 Å². The van der Waals surface area contributed by atoms with E-state index in [-0.39, 0.29) is 0 Å². The molecule has 0 saturated carbocycles. The molecule has 0 unspecified atom stereocenters. The number of ketones is 1. The lowest BCUT2D eigenvalue weighted by Crippen LogP contribution is -2.06. The highest BCUT2D eigenvalue weighted by Gasteiger charge is 2.26. The van der Waals surface area contributed by atoms with Gasteiger partial charge in [0.25, 0.3) is 0 Å². The average Bonchev–Trinajstić information content (AvgIpc) is 2.77.